The number of phenols is 1. The number of rotatable bonds is 3. The minimum Gasteiger partial charge on any atom is -0.506 e. The third-order valence-corrected chi connectivity index (χ3v) is 5.87. The van der Waals surface area contributed by atoms with E-state index in [1.54, 1.807) is 4.72 Å². The van der Waals surface area contributed by atoms with Crippen LogP contribution in [0.1, 0.15) is 5.56 Å². The molecule has 3 aromatic rings. The van der Waals surface area contributed by atoms with Crippen molar-refractivity contribution in [2.75, 3.05) is 10.8 Å². The first-order valence-corrected chi connectivity index (χ1v) is 9.98. The number of anilines is 1. The van der Waals surface area contributed by atoms with Crippen molar-refractivity contribution in [2.45, 2.75) is 6.18 Å². The second-order valence-electron chi connectivity index (χ2n) is 6.55. The molecular weight excluding hydrogens is 444 g/mol. The zero-order valence-electron chi connectivity index (χ0n) is 15.3. The van der Waals surface area contributed by atoms with Gasteiger partial charge < -0.3 is 9.67 Å². The van der Waals surface area contributed by atoms with E-state index in [1.165, 1.54) is 22.9 Å². The fourth-order valence-corrected chi connectivity index (χ4v) is 4.24. The Morgan fingerprint density at radius 3 is 2.55 bits per heavy atom. The molecule has 1 aliphatic rings. The number of aromatic nitrogens is 2. The highest BCUT2D eigenvalue weighted by atomic mass is 32.2. The standard InChI is InChI=1S/C18H12F4N4O4S/c19-16-12(4-5-14(27)17(16)26-8-15(28)24-31(26,29)30)13-7-25(9-23-13)11-3-1-2-10(6-11)18(20,21)22/h1-7,9,27H,8H2,(H,24,28). The summed E-state index contributed by atoms with van der Waals surface area (Å²) >= 11 is 0. The SMILES string of the molecule is O=C1CN(c2c(O)ccc(-c3cn(-c4cccc(C(F)(F)F)c4)cn3)c2F)S(=O)(=O)N1. The number of benzene rings is 2. The molecule has 1 saturated heterocycles. The van der Waals surface area contributed by atoms with Gasteiger partial charge in [0.2, 0.25) is 0 Å². The van der Waals surface area contributed by atoms with Crippen LogP contribution in [-0.4, -0.2) is 35.5 Å². The van der Waals surface area contributed by atoms with Crippen LogP contribution in [-0.2, 0) is 21.2 Å². The Balaban J connectivity index is 1.76. The van der Waals surface area contributed by atoms with Gasteiger partial charge >= 0.3 is 16.4 Å². The van der Waals surface area contributed by atoms with Crippen LogP contribution in [0.2, 0.25) is 0 Å². The first kappa shape index (κ1) is 20.7. The zero-order chi connectivity index (χ0) is 22.6. The average Bonchev–Trinajstić information content (AvgIpc) is 3.25. The van der Waals surface area contributed by atoms with Gasteiger partial charge in [0.15, 0.2) is 5.82 Å². The lowest BCUT2D eigenvalue weighted by Crippen LogP contribution is -2.30. The number of hydrogen-bond donors (Lipinski definition) is 2. The molecule has 2 N–H and O–H groups in total. The van der Waals surface area contributed by atoms with Crippen molar-refractivity contribution >= 4 is 21.8 Å². The molecule has 4 rings (SSSR count). The molecule has 0 atom stereocenters. The van der Waals surface area contributed by atoms with Gasteiger partial charge in [0, 0.05) is 17.4 Å². The molecule has 2 aromatic carbocycles. The largest absolute Gasteiger partial charge is 0.506 e. The summed E-state index contributed by atoms with van der Waals surface area (Å²) in [5, 5.41) is 10.0. The first-order chi connectivity index (χ1) is 14.5. The van der Waals surface area contributed by atoms with E-state index in [0.717, 1.165) is 30.6 Å². The minimum atomic E-state index is -4.55. The van der Waals surface area contributed by atoms with Gasteiger partial charge in [-0.1, -0.05) is 6.07 Å². The van der Waals surface area contributed by atoms with Crippen LogP contribution in [0.4, 0.5) is 23.2 Å². The van der Waals surface area contributed by atoms with Gasteiger partial charge in [-0.05, 0) is 30.3 Å². The maximum absolute atomic E-state index is 15.2. The Labute approximate surface area is 172 Å². The summed E-state index contributed by atoms with van der Waals surface area (Å²) in [4.78, 5) is 15.4. The highest BCUT2D eigenvalue weighted by molar-refractivity contribution is 7.92. The molecule has 1 amide bonds. The van der Waals surface area contributed by atoms with Crippen molar-refractivity contribution in [3.8, 4) is 22.7 Å². The number of phenolic OH excluding ortho intramolecular Hbond substituents is 1. The number of carbonyl (C=O) groups is 1. The van der Waals surface area contributed by atoms with Crippen molar-refractivity contribution < 1.29 is 35.9 Å². The number of aromatic hydroxyl groups is 1. The molecule has 13 heteroatoms. The molecule has 0 aliphatic carbocycles. The minimum absolute atomic E-state index is 0.0351. The number of halogens is 4. The molecule has 0 saturated carbocycles. The van der Waals surface area contributed by atoms with Gasteiger partial charge in [0.05, 0.1) is 17.6 Å². The number of nitrogens with zero attached hydrogens (tertiary/aromatic N) is 3. The number of amides is 1. The van der Waals surface area contributed by atoms with Crippen molar-refractivity contribution in [1.82, 2.24) is 14.3 Å². The second kappa shape index (κ2) is 6.97. The van der Waals surface area contributed by atoms with Crippen LogP contribution >= 0.6 is 0 Å². The molecule has 0 bridgehead atoms. The van der Waals surface area contributed by atoms with Crippen molar-refractivity contribution in [3.05, 3.63) is 60.3 Å². The van der Waals surface area contributed by atoms with Crippen molar-refractivity contribution in [1.29, 1.82) is 0 Å². The molecule has 1 aliphatic heterocycles. The Kier molecular flexibility index (Phi) is 4.65. The van der Waals surface area contributed by atoms with Crippen molar-refractivity contribution in [2.24, 2.45) is 0 Å². The summed E-state index contributed by atoms with van der Waals surface area (Å²) in [6, 6.07) is 6.55. The van der Waals surface area contributed by atoms with Crippen molar-refractivity contribution in [3.63, 3.8) is 0 Å². The molecule has 1 aromatic heterocycles. The van der Waals surface area contributed by atoms with Crippen LogP contribution in [0.15, 0.2) is 48.9 Å². The van der Waals surface area contributed by atoms with Crippen LogP contribution in [0.5, 0.6) is 5.75 Å². The molecule has 8 nitrogen and oxygen atoms in total. The zero-order valence-corrected chi connectivity index (χ0v) is 16.1. The van der Waals surface area contributed by atoms with Crippen LogP contribution in [0.25, 0.3) is 16.9 Å². The molecule has 1 fully saturated rings. The van der Waals surface area contributed by atoms with Gasteiger partial charge in [-0.2, -0.15) is 21.6 Å². The average molecular weight is 456 g/mol. The summed E-state index contributed by atoms with van der Waals surface area (Å²) in [6.45, 7) is -0.727. The van der Waals surface area contributed by atoms with Crippen LogP contribution in [0.3, 0.4) is 0 Å². The monoisotopic (exact) mass is 456 g/mol. The molecule has 162 valence electrons. The number of hydrogen-bond acceptors (Lipinski definition) is 5. The number of carbonyl (C=O) groups excluding carboxylic acids is 1. The Morgan fingerprint density at radius 2 is 1.90 bits per heavy atom. The third-order valence-electron chi connectivity index (χ3n) is 4.49. The second-order valence-corrected chi connectivity index (χ2v) is 8.14. The summed E-state index contributed by atoms with van der Waals surface area (Å²) in [7, 11) is -4.39. The topological polar surface area (TPSA) is 105 Å². The van der Waals surface area contributed by atoms with Gasteiger partial charge in [-0.25, -0.2) is 18.4 Å². The third kappa shape index (κ3) is 3.67. The van der Waals surface area contributed by atoms with Crippen LogP contribution < -0.4 is 9.03 Å². The van der Waals surface area contributed by atoms with E-state index < -0.39 is 51.7 Å². The van der Waals surface area contributed by atoms with E-state index >= 15 is 4.39 Å². The lowest BCUT2D eigenvalue weighted by molar-refractivity contribution is -0.137. The quantitative estimate of drug-likeness (QED) is 0.590. The van der Waals surface area contributed by atoms with Crippen LogP contribution in [0, 0.1) is 5.82 Å². The number of alkyl halides is 3. The summed E-state index contributed by atoms with van der Waals surface area (Å²) < 4.78 is 81.4. The highest BCUT2D eigenvalue weighted by Gasteiger charge is 2.38. The first-order valence-electron chi connectivity index (χ1n) is 8.54. The van der Waals surface area contributed by atoms with E-state index in [-0.39, 0.29) is 16.9 Å². The van der Waals surface area contributed by atoms with Gasteiger partial charge in [0.1, 0.15) is 18.0 Å². The molecule has 0 unspecified atom stereocenters. The van der Waals surface area contributed by atoms with Gasteiger partial charge in [-0.3, -0.25) is 4.79 Å². The lowest BCUT2D eigenvalue weighted by Gasteiger charge is -2.18. The molecule has 0 radical (unpaired) electrons. The summed E-state index contributed by atoms with van der Waals surface area (Å²) in [5.74, 6) is -2.80. The smallest absolute Gasteiger partial charge is 0.416 e. The highest BCUT2D eigenvalue weighted by Crippen LogP contribution is 2.38. The van der Waals surface area contributed by atoms with Gasteiger partial charge in [-0.15, -0.1) is 0 Å². The summed E-state index contributed by atoms with van der Waals surface area (Å²) in [6.07, 6.45) is -2.14. The molecule has 2 heterocycles. The Hall–Kier alpha value is -3.61. The fourth-order valence-electron chi connectivity index (χ4n) is 3.08. The van der Waals surface area contributed by atoms with E-state index in [9.17, 15) is 31.5 Å². The van der Waals surface area contributed by atoms with E-state index in [4.69, 9.17) is 0 Å². The molecule has 0 spiro atoms. The fraction of sp³-hybridized carbons (Fsp3) is 0.111. The van der Waals surface area contributed by atoms with E-state index in [1.807, 2.05) is 0 Å². The normalized spacial score (nSPS) is 15.9. The predicted octanol–water partition coefficient (Wildman–Crippen LogP) is 2.58. The maximum atomic E-state index is 15.2. The number of nitrogens with one attached hydrogen (secondary N) is 1. The maximum Gasteiger partial charge on any atom is 0.416 e. The van der Waals surface area contributed by atoms with Gasteiger partial charge in [0.25, 0.3) is 5.91 Å². The molecule has 31 heavy (non-hydrogen) atoms. The van der Waals surface area contributed by atoms with E-state index in [0.29, 0.717) is 4.31 Å². The number of imidazole rings is 1. The Bertz CT molecular complexity index is 1300. The lowest BCUT2D eigenvalue weighted by atomic mass is 10.1. The summed E-state index contributed by atoms with van der Waals surface area (Å²) in [5.41, 5.74) is -1.77. The Morgan fingerprint density at radius 1 is 1.16 bits per heavy atom. The predicted molar refractivity (Wildman–Crippen MR) is 100 cm³/mol. The van der Waals surface area contributed by atoms with E-state index in [2.05, 4.69) is 4.98 Å². The molecular formula is C18H12F4N4O4S.